The van der Waals surface area contributed by atoms with Gasteiger partial charge in [0.2, 0.25) is 17.7 Å². The van der Waals surface area contributed by atoms with Crippen molar-refractivity contribution in [1.82, 2.24) is 25.9 Å². The van der Waals surface area contributed by atoms with Gasteiger partial charge in [0.25, 0.3) is 0 Å². The lowest BCUT2D eigenvalue weighted by atomic mass is 10.0. The summed E-state index contributed by atoms with van der Waals surface area (Å²) in [6.45, 7) is -1.14. The highest BCUT2D eigenvalue weighted by Crippen LogP contribution is 2.12. The van der Waals surface area contributed by atoms with E-state index < -0.39 is 55.0 Å². The number of rotatable bonds is 12. The molecule has 0 saturated heterocycles. The van der Waals surface area contributed by atoms with Crippen LogP contribution in [0.4, 0.5) is 0 Å². The minimum absolute atomic E-state index is 0.0113. The lowest BCUT2D eigenvalue weighted by molar-refractivity contribution is -0.142. The van der Waals surface area contributed by atoms with Gasteiger partial charge in [-0.1, -0.05) is 12.1 Å². The zero-order chi connectivity index (χ0) is 24.4. The minimum Gasteiger partial charge on any atom is -0.508 e. The third-order valence-electron chi connectivity index (χ3n) is 4.62. The highest BCUT2D eigenvalue weighted by atomic mass is 16.4. The van der Waals surface area contributed by atoms with Crippen molar-refractivity contribution in [2.75, 3.05) is 13.2 Å². The summed E-state index contributed by atoms with van der Waals surface area (Å²) >= 11 is 0. The first-order valence-electron chi connectivity index (χ1n) is 9.92. The van der Waals surface area contributed by atoms with E-state index in [1.807, 2.05) is 0 Å². The Labute approximate surface area is 188 Å². The SMILES string of the molecule is NCC(=O)NC(CO)C(=O)NC(Cc1cnc[nH]1)C(=O)NC(Cc1ccc(O)cc1)C(=O)O. The third kappa shape index (κ3) is 7.90. The van der Waals surface area contributed by atoms with Crippen LogP contribution < -0.4 is 21.7 Å². The molecule has 13 nitrogen and oxygen atoms in total. The Morgan fingerprint density at radius 1 is 0.970 bits per heavy atom. The van der Waals surface area contributed by atoms with Crippen LogP contribution in [0.2, 0.25) is 0 Å². The monoisotopic (exact) mass is 462 g/mol. The number of nitrogens with two attached hydrogens (primary N) is 1. The number of aromatic amines is 1. The van der Waals surface area contributed by atoms with Crippen LogP contribution in [0, 0.1) is 0 Å². The molecule has 0 fully saturated rings. The van der Waals surface area contributed by atoms with Crippen molar-refractivity contribution in [3.63, 3.8) is 0 Å². The summed E-state index contributed by atoms with van der Waals surface area (Å²) in [5, 5.41) is 35.4. The predicted octanol–water partition coefficient (Wildman–Crippen LogP) is -2.61. The second-order valence-corrected chi connectivity index (χ2v) is 7.12. The topological polar surface area (TPSA) is 220 Å². The third-order valence-corrected chi connectivity index (χ3v) is 4.62. The number of aliphatic hydroxyl groups excluding tert-OH is 1. The van der Waals surface area contributed by atoms with E-state index >= 15 is 0 Å². The summed E-state index contributed by atoms with van der Waals surface area (Å²) in [5.41, 5.74) is 6.23. The second-order valence-electron chi connectivity index (χ2n) is 7.12. The number of H-pyrrole nitrogens is 1. The van der Waals surface area contributed by atoms with E-state index in [0.29, 0.717) is 11.3 Å². The fourth-order valence-electron chi connectivity index (χ4n) is 2.89. The molecular weight excluding hydrogens is 436 g/mol. The predicted molar refractivity (Wildman–Crippen MR) is 114 cm³/mol. The molecule has 2 rings (SSSR count). The summed E-state index contributed by atoms with van der Waals surface area (Å²) in [6.07, 6.45) is 2.66. The van der Waals surface area contributed by atoms with Gasteiger partial charge in [-0.15, -0.1) is 0 Å². The van der Waals surface area contributed by atoms with E-state index in [2.05, 4.69) is 25.9 Å². The number of aromatic nitrogens is 2. The van der Waals surface area contributed by atoms with Gasteiger partial charge in [-0.25, -0.2) is 9.78 Å². The number of aliphatic hydroxyl groups is 1. The number of nitrogens with zero attached hydrogens (tertiary/aromatic N) is 1. The van der Waals surface area contributed by atoms with Crippen molar-refractivity contribution < 1.29 is 34.5 Å². The number of aliphatic carboxylic acids is 1. The summed E-state index contributed by atoms with van der Waals surface area (Å²) in [7, 11) is 0. The van der Waals surface area contributed by atoms with Gasteiger partial charge in [0.1, 0.15) is 23.9 Å². The van der Waals surface area contributed by atoms with Crippen LogP contribution in [0.25, 0.3) is 0 Å². The number of carboxylic acids is 1. The molecule has 3 atom stereocenters. The number of carbonyl (C=O) groups excluding carboxylic acids is 3. The molecule has 1 heterocycles. The van der Waals surface area contributed by atoms with Crippen LogP contribution in [-0.4, -0.2) is 80.3 Å². The summed E-state index contributed by atoms with van der Waals surface area (Å²) in [6, 6.07) is 1.90. The number of carboxylic acid groups (broad SMARTS) is 1. The van der Waals surface area contributed by atoms with Crippen LogP contribution in [0.5, 0.6) is 5.75 Å². The first-order chi connectivity index (χ1) is 15.7. The van der Waals surface area contributed by atoms with Gasteiger partial charge in [0.15, 0.2) is 0 Å². The molecule has 1 aromatic carbocycles. The molecule has 0 bridgehead atoms. The van der Waals surface area contributed by atoms with E-state index in [4.69, 9.17) is 5.73 Å². The average molecular weight is 462 g/mol. The number of amides is 3. The zero-order valence-electron chi connectivity index (χ0n) is 17.5. The Kier molecular flexibility index (Phi) is 9.32. The molecule has 3 unspecified atom stereocenters. The van der Waals surface area contributed by atoms with E-state index in [1.54, 1.807) is 0 Å². The molecule has 0 saturated carbocycles. The fraction of sp³-hybridized carbons (Fsp3) is 0.350. The number of hydrogen-bond donors (Lipinski definition) is 8. The Hall–Kier alpha value is -3.97. The highest BCUT2D eigenvalue weighted by Gasteiger charge is 2.30. The highest BCUT2D eigenvalue weighted by molar-refractivity contribution is 5.93. The maximum atomic E-state index is 12.9. The fourth-order valence-corrected chi connectivity index (χ4v) is 2.89. The molecule has 3 amide bonds. The van der Waals surface area contributed by atoms with E-state index in [9.17, 15) is 34.5 Å². The van der Waals surface area contributed by atoms with Crippen LogP contribution in [0.1, 0.15) is 11.3 Å². The molecule has 0 spiro atoms. The van der Waals surface area contributed by atoms with Crippen molar-refractivity contribution in [3.8, 4) is 5.75 Å². The Morgan fingerprint density at radius 3 is 2.15 bits per heavy atom. The van der Waals surface area contributed by atoms with Crippen molar-refractivity contribution >= 4 is 23.7 Å². The Bertz CT molecular complexity index is 948. The lowest BCUT2D eigenvalue weighted by Crippen LogP contribution is -2.57. The average Bonchev–Trinajstić information content (AvgIpc) is 3.30. The standard InChI is InChI=1S/C20H26N6O7/c21-7-17(29)24-16(9-27)19(31)25-14(6-12-8-22-10-23-12)18(30)26-15(20(32)33)5-11-1-3-13(28)4-2-11/h1-4,8,10,14-16,27-28H,5-7,9,21H2,(H,22,23)(H,24,29)(H,25,31)(H,26,30)(H,32,33). The number of aromatic hydroxyl groups is 1. The summed E-state index contributed by atoms with van der Waals surface area (Å²) < 4.78 is 0. The van der Waals surface area contributed by atoms with E-state index in [-0.39, 0.29) is 18.6 Å². The molecule has 1 aromatic heterocycles. The number of phenols is 1. The van der Waals surface area contributed by atoms with Crippen LogP contribution in [0.3, 0.4) is 0 Å². The lowest BCUT2D eigenvalue weighted by Gasteiger charge is -2.23. The molecule has 0 radical (unpaired) electrons. The molecule has 0 aliphatic carbocycles. The van der Waals surface area contributed by atoms with Gasteiger partial charge in [0.05, 0.1) is 19.5 Å². The number of hydrogen-bond acceptors (Lipinski definition) is 8. The molecule has 0 aliphatic rings. The van der Waals surface area contributed by atoms with Crippen molar-refractivity contribution in [2.45, 2.75) is 31.0 Å². The number of imidazole rings is 1. The van der Waals surface area contributed by atoms with Gasteiger partial charge in [-0.05, 0) is 17.7 Å². The van der Waals surface area contributed by atoms with Crippen molar-refractivity contribution in [1.29, 1.82) is 0 Å². The molecule has 9 N–H and O–H groups in total. The van der Waals surface area contributed by atoms with Gasteiger partial charge < -0.3 is 42.0 Å². The van der Waals surface area contributed by atoms with E-state index in [0.717, 1.165) is 0 Å². The minimum atomic E-state index is -1.36. The molecular formula is C20H26N6O7. The first-order valence-corrected chi connectivity index (χ1v) is 9.92. The molecule has 13 heteroatoms. The number of nitrogens with one attached hydrogen (secondary N) is 4. The second kappa shape index (κ2) is 12.2. The normalized spacial score (nSPS) is 13.4. The first kappa shape index (κ1) is 25.3. The van der Waals surface area contributed by atoms with Crippen LogP contribution >= 0.6 is 0 Å². The van der Waals surface area contributed by atoms with Gasteiger partial charge in [-0.3, -0.25) is 14.4 Å². The maximum absolute atomic E-state index is 12.9. The number of phenolic OH excluding ortho intramolecular Hbond substituents is 1. The summed E-state index contributed by atoms with van der Waals surface area (Å²) in [4.78, 5) is 55.3. The summed E-state index contributed by atoms with van der Waals surface area (Å²) in [5.74, 6) is -3.63. The maximum Gasteiger partial charge on any atom is 0.326 e. The largest absolute Gasteiger partial charge is 0.508 e. The molecule has 33 heavy (non-hydrogen) atoms. The van der Waals surface area contributed by atoms with E-state index in [1.165, 1.54) is 36.8 Å². The van der Waals surface area contributed by atoms with Gasteiger partial charge >= 0.3 is 5.97 Å². The number of carbonyl (C=O) groups is 4. The molecule has 0 aliphatic heterocycles. The zero-order valence-corrected chi connectivity index (χ0v) is 17.5. The smallest absolute Gasteiger partial charge is 0.326 e. The van der Waals surface area contributed by atoms with Crippen molar-refractivity contribution in [2.24, 2.45) is 5.73 Å². The Balaban J connectivity index is 2.15. The number of benzene rings is 1. The van der Waals surface area contributed by atoms with Crippen LogP contribution in [0.15, 0.2) is 36.8 Å². The molecule has 2 aromatic rings. The quantitative estimate of drug-likeness (QED) is 0.165. The van der Waals surface area contributed by atoms with Gasteiger partial charge in [0, 0.05) is 24.7 Å². The molecule has 178 valence electrons. The Morgan fingerprint density at radius 2 is 1.61 bits per heavy atom. The van der Waals surface area contributed by atoms with Gasteiger partial charge in [-0.2, -0.15) is 0 Å². The van der Waals surface area contributed by atoms with Crippen LogP contribution in [-0.2, 0) is 32.0 Å². The van der Waals surface area contributed by atoms with Crippen molar-refractivity contribution in [3.05, 3.63) is 48.0 Å².